The van der Waals surface area contributed by atoms with E-state index in [0.29, 0.717) is 5.56 Å². The molecule has 1 N–H and O–H groups in total. The summed E-state index contributed by atoms with van der Waals surface area (Å²) >= 11 is 4.85. The molecule has 0 aromatic carbocycles. The topological polar surface area (TPSA) is 46.9 Å². The largest absolute Gasteiger partial charge is 0.348 e. The Balaban J connectivity index is 1.90. The highest BCUT2D eigenvalue weighted by Crippen LogP contribution is 2.20. The van der Waals surface area contributed by atoms with Gasteiger partial charge in [-0.05, 0) is 28.9 Å². The van der Waals surface area contributed by atoms with Crippen molar-refractivity contribution < 1.29 is 4.79 Å². The Hall–Kier alpha value is -1.14. The number of imidazole rings is 1. The van der Waals surface area contributed by atoms with E-state index >= 15 is 0 Å². The zero-order valence-electron chi connectivity index (χ0n) is 9.26. The quantitative estimate of drug-likeness (QED) is 0.943. The van der Waals surface area contributed by atoms with E-state index in [9.17, 15) is 4.79 Å². The van der Waals surface area contributed by atoms with Crippen molar-refractivity contribution >= 4 is 33.2 Å². The molecule has 0 radical (unpaired) electrons. The molecule has 0 unspecified atom stereocenters. The molecule has 1 atom stereocenters. The van der Waals surface area contributed by atoms with Crippen molar-refractivity contribution in [3.05, 3.63) is 39.5 Å². The number of amides is 1. The Morgan fingerprint density at radius 3 is 3.12 bits per heavy atom. The summed E-state index contributed by atoms with van der Waals surface area (Å²) < 4.78 is 2.90. The number of carbonyl (C=O) groups excluding carboxylic acids is 1. The van der Waals surface area contributed by atoms with Gasteiger partial charge in [-0.15, -0.1) is 11.3 Å². The molecule has 6 heteroatoms. The van der Waals surface area contributed by atoms with E-state index in [2.05, 4.69) is 26.2 Å². The minimum absolute atomic E-state index is 0.0421. The lowest BCUT2D eigenvalue weighted by atomic mass is 10.2. The first-order valence-electron chi connectivity index (χ1n) is 5.16. The van der Waals surface area contributed by atoms with E-state index in [1.54, 1.807) is 12.5 Å². The molecule has 0 bridgehead atoms. The Kier molecular flexibility index (Phi) is 3.96. The predicted octanol–water partition coefficient (Wildman–Crippen LogP) is 2.53. The van der Waals surface area contributed by atoms with Gasteiger partial charge in [-0.1, -0.05) is 0 Å². The van der Waals surface area contributed by atoms with Crippen molar-refractivity contribution in [2.45, 2.75) is 19.5 Å². The van der Waals surface area contributed by atoms with E-state index < -0.39 is 0 Å². The lowest BCUT2D eigenvalue weighted by molar-refractivity contribution is 0.0937. The van der Waals surface area contributed by atoms with Crippen molar-refractivity contribution in [1.29, 1.82) is 0 Å². The highest BCUT2D eigenvalue weighted by atomic mass is 79.9. The van der Waals surface area contributed by atoms with Crippen LogP contribution in [0.1, 0.15) is 17.3 Å². The smallest absolute Gasteiger partial charge is 0.252 e. The third-order valence-electron chi connectivity index (χ3n) is 2.25. The summed E-state index contributed by atoms with van der Waals surface area (Å²) in [4.78, 5) is 15.8. The first-order valence-corrected chi connectivity index (χ1v) is 6.83. The summed E-state index contributed by atoms with van der Waals surface area (Å²) in [6.45, 7) is 2.69. The average Bonchev–Trinajstić information content (AvgIpc) is 2.89. The lowest BCUT2D eigenvalue weighted by Gasteiger charge is -2.13. The van der Waals surface area contributed by atoms with Crippen LogP contribution in [0.15, 0.2) is 34.0 Å². The van der Waals surface area contributed by atoms with Crippen LogP contribution in [0.4, 0.5) is 0 Å². The van der Waals surface area contributed by atoms with Crippen LogP contribution in [0.5, 0.6) is 0 Å². The van der Waals surface area contributed by atoms with Crippen molar-refractivity contribution in [2.24, 2.45) is 0 Å². The van der Waals surface area contributed by atoms with Crippen LogP contribution < -0.4 is 5.32 Å². The normalized spacial score (nSPS) is 12.4. The molecule has 0 aliphatic rings. The molecule has 2 rings (SSSR count). The zero-order chi connectivity index (χ0) is 12.3. The van der Waals surface area contributed by atoms with E-state index in [4.69, 9.17) is 0 Å². The molecule has 2 aromatic rings. The number of nitrogens with zero attached hydrogens (tertiary/aromatic N) is 2. The number of rotatable bonds is 4. The monoisotopic (exact) mass is 313 g/mol. The van der Waals surface area contributed by atoms with Gasteiger partial charge < -0.3 is 9.88 Å². The van der Waals surface area contributed by atoms with E-state index in [1.165, 1.54) is 11.3 Å². The Bertz CT molecular complexity index is 495. The Labute approximate surface area is 112 Å². The first kappa shape index (κ1) is 12.3. The van der Waals surface area contributed by atoms with Gasteiger partial charge in [0.15, 0.2) is 0 Å². The molecule has 0 aliphatic heterocycles. The maximum Gasteiger partial charge on any atom is 0.252 e. The van der Waals surface area contributed by atoms with Crippen LogP contribution in [0.2, 0.25) is 0 Å². The highest BCUT2D eigenvalue weighted by molar-refractivity contribution is 9.11. The van der Waals surface area contributed by atoms with Crippen molar-refractivity contribution in [3.63, 3.8) is 0 Å². The third-order valence-corrected chi connectivity index (χ3v) is 3.76. The number of carbonyl (C=O) groups is 1. The summed E-state index contributed by atoms with van der Waals surface area (Å²) in [5, 5.41) is 4.78. The van der Waals surface area contributed by atoms with Crippen LogP contribution in [0.25, 0.3) is 0 Å². The van der Waals surface area contributed by atoms with Gasteiger partial charge in [-0.25, -0.2) is 4.98 Å². The fourth-order valence-electron chi connectivity index (χ4n) is 1.49. The van der Waals surface area contributed by atoms with Crippen LogP contribution in [0, 0.1) is 0 Å². The van der Waals surface area contributed by atoms with Crippen LogP contribution in [-0.2, 0) is 6.54 Å². The van der Waals surface area contributed by atoms with Gasteiger partial charge in [-0.3, -0.25) is 4.79 Å². The van der Waals surface area contributed by atoms with Crippen molar-refractivity contribution in [2.75, 3.05) is 0 Å². The molecule has 2 aromatic heterocycles. The maximum absolute atomic E-state index is 11.8. The number of hydrogen-bond acceptors (Lipinski definition) is 3. The second-order valence-corrected chi connectivity index (χ2v) is 6.06. The molecular formula is C11H12BrN3OS. The van der Waals surface area contributed by atoms with Crippen LogP contribution in [0.3, 0.4) is 0 Å². The van der Waals surface area contributed by atoms with Gasteiger partial charge in [-0.2, -0.15) is 0 Å². The zero-order valence-corrected chi connectivity index (χ0v) is 11.7. The van der Waals surface area contributed by atoms with Gasteiger partial charge in [0.2, 0.25) is 0 Å². The maximum atomic E-state index is 11.8. The van der Waals surface area contributed by atoms with Gasteiger partial charge in [0.25, 0.3) is 5.91 Å². The number of thiophene rings is 1. The summed E-state index contributed by atoms with van der Waals surface area (Å²) in [5.41, 5.74) is 0.694. The number of hydrogen-bond donors (Lipinski definition) is 1. The third kappa shape index (κ3) is 3.41. The molecule has 0 aliphatic carbocycles. The Morgan fingerprint density at radius 1 is 1.71 bits per heavy atom. The highest BCUT2D eigenvalue weighted by Gasteiger charge is 2.11. The standard InChI is InChI=1S/C11H12BrN3OS/c1-8(5-15-3-2-13-7-15)14-11(16)9-4-10(12)17-6-9/h2-4,6-8H,5H2,1H3,(H,14,16)/t8-/m1/s1. The molecule has 90 valence electrons. The van der Waals surface area contributed by atoms with Crippen LogP contribution in [-0.4, -0.2) is 21.5 Å². The number of aromatic nitrogens is 2. The Morgan fingerprint density at radius 2 is 2.53 bits per heavy atom. The molecule has 4 nitrogen and oxygen atoms in total. The second-order valence-electron chi connectivity index (χ2n) is 3.77. The van der Waals surface area contributed by atoms with Gasteiger partial charge in [0.1, 0.15) is 0 Å². The summed E-state index contributed by atoms with van der Waals surface area (Å²) in [6, 6.07) is 1.89. The first-order chi connectivity index (χ1) is 8.15. The summed E-state index contributed by atoms with van der Waals surface area (Å²) in [5.74, 6) is -0.0421. The molecule has 0 saturated heterocycles. The van der Waals surface area contributed by atoms with Crippen molar-refractivity contribution in [3.8, 4) is 0 Å². The lowest BCUT2D eigenvalue weighted by Crippen LogP contribution is -2.35. The van der Waals surface area contributed by atoms with Gasteiger partial charge in [0.05, 0.1) is 15.7 Å². The van der Waals surface area contributed by atoms with Crippen molar-refractivity contribution in [1.82, 2.24) is 14.9 Å². The van der Waals surface area contributed by atoms with Gasteiger partial charge >= 0.3 is 0 Å². The molecule has 0 fully saturated rings. The molecule has 2 heterocycles. The molecule has 17 heavy (non-hydrogen) atoms. The molecule has 1 amide bonds. The van der Waals surface area contributed by atoms with Crippen LogP contribution >= 0.6 is 27.3 Å². The summed E-state index contributed by atoms with van der Waals surface area (Å²) in [7, 11) is 0. The fourth-order valence-corrected chi connectivity index (χ4v) is 2.63. The molecular weight excluding hydrogens is 302 g/mol. The van der Waals surface area contributed by atoms with Gasteiger partial charge in [0, 0.05) is 30.4 Å². The number of nitrogens with one attached hydrogen (secondary N) is 1. The van der Waals surface area contributed by atoms with E-state index in [-0.39, 0.29) is 11.9 Å². The van der Waals surface area contributed by atoms with E-state index in [1.807, 2.05) is 29.1 Å². The minimum Gasteiger partial charge on any atom is -0.348 e. The molecule has 0 spiro atoms. The summed E-state index contributed by atoms with van der Waals surface area (Å²) in [6.07, 6.45) is 5.35. The van der Waals surface area contributed by atoms with E-state index in [0.717, 1.165) is 10.3 Å². The number of halogens is 1. The fraction of sp³-hybridized carbons (Fsp3) is 0.273. The predicted molar refractivity (Wildman–Crippen MR) is 71.2 cm³/mol. The second kappa shape index (κ2) is 5.46. The molecule has 0 saturated carbocycles. The SMILES string of the molecule is C[C@H](Cn1ccnc1)NC(=O)c1csc(Br)c1. The minimum atomic E-state index is -0.0421. The average molecular weight is 314 g/mol.